The number of allylic oxidation sites excluding steroid dienone is 1. The van der Waals surface area contributed by atoms with Crippen LogP contribution in [0.4, 0.5) is 0 Å². The van der Waals surface area contributed by atoms with Crippen LogP contribution >= 0.6 is 15.9 Å². The third kappa shape index (κ3) is 1.69. The Balaban J connectivity index is 2.22. The number of nitrogens with zero attached hydrogens (tertiary/aromatic N) is 1. The van der Waals surface area contributed by atoms with E-state index in [4.69, 9.17) is 5.11 Å². The maximum atomic E-state index is 10.7. The van der Waals surface area contributed by atoms with E-state index in [-0.39, 0.29) is 0 Å². The predicted molar refractivity (Wildman–Crippen MR) is 69.9 cm³/mol. The van der Waals surface area contributed by atoms with Crippen LogP contribution in [0, 0.1) is 0 Å². The number of aliphatic carboxylic acids is 1. The van der Waals surface area contributed by atoms with Gasteiger partial charge in [0.1, 0.15) is 0 Å². The third-order valence-corrected chi connectivity index (χ3v) is 3.59. The van der Waals surface area contributed by atoms with E-state index in [2.05, 4.69) is 38.7 Å². The number of aromatic nitrogens is 1. The molecule has 0 aliphatic carbocycles. The van der Waals surface area contributed by atoms with Crippen LogP contribution in [0.2, 0.25) is 0 Å². The van der Waals surface area contributed by atoms with Gasteiger partial charge in [-0.3, -0.25) is 0 Å². The molecule has 2 aromatic rings. The highest BCUT2D eigenvalue weighted by Gasteiger charge is 2.19. The number of carboxylic acids is 1. The zero-order chi connectivity index (χ0) is 12.0. The quantitative estimate of drug-likeness (QED) is 0.820. The predicted octanol–water partition coefficient (Wildman–Crippen LogP) is 3.28. The number of carbonyl (C=O) groups is 1. The Morgan fingerprint density at radius 3 is 3.00 bits per heavy atom. The molecule has 0 saturated carbocycles. The molecule has 0 bridgehead atoms. The molecule has 0 unspecified atom stereocenters. The zero-order valence-electron chi connectivity index (χ0n) is 8.98. The number of halogens is 1. The zero-order valence-corrected chi connectivity index (χ0v) is 10.6. The van der Waals surface area contributed by atoms with Gasteiger partial charge in [-0.2, -0.15) is 0 Å². The molecule has 1 N–H and O–H groups in total. The number of rotatable bonds is 1. The molecule has 0 saturated heterocycles. The number of fused-ring (bicyclic) bond motifs is 3. The molecule has 0 spiro atoms. The highest BCUT2D eigenvalue weighted by molar-refractivity contribution is 9.10. The molecule has 1 aliphatic heterocycles. The van der Waals surface area contributed by atoms with Gasteiger partial charge in [-0.1, -0.05) is 15.9 Å². The van der Waals surface area contributed by atoms with Crippen LogP contribution in [-0.4, -0.2) is 15.6 Å². The first-order chi connectivity index (χ1) is 8.15. The molecule has 1 aliphatic rings. The van der Waals surface area contributed by atoms with Crippen molar-refractivity contribution in [3.05, 3.63) is 40.5 Å². The smallest absolute Gasteiger partial charge is 0.328 e. The Bertz CT molecular complexity index is 655. The van der Waals surface area contributed by atoms with Crippen LogP contribution in [0.5, 0.6) is 0 Å². The fraction of sp³-hybridized carbons (Fsp3) is 0.154. The molecule has 3 nitrogen and oxygen atoms in total. The Morgan fingerprint density at radius 1 is 1.41 bits per heavy atom. The molecule has 0 fully saturated rings. The summed E-state index contributed by atoms with van der Waals surface area (Å²) in [7, 11) is 0. The van der Waals surface area contributed by atoms with Crippen molar-refractivity contribution >= 4 is 38.4 Å². The van der Waals surface area contributed by atoms with E-state index in [0.717, 1.165) is 39.6 Å². The first-order valence-corrected chi connectivity index (χ1v) is 6.17. The van der Waals surface area contributed by atoms with Gasteiger partial charge in [0, 0.05) is 33.7 Å². The van der Waals surface area contributed by atoms with Gasteiger partial charge in [0.15, 0.2) is 0 Å². The van der Waals surface area contributed by atoms with Gasteiger partial charge in [-0.25, -0.2) is 4.79 Å². The van der Waals surface area contributed by atoms with E-state index in [0.29, 0.717) is 0 Å². The van der Waals surface area contributed by atoms with Crippen molar-refractivity contribution in [2.24, 2.45) is 0 Å². The maximum Gasteiger partial charge on any atom is 0.328 e. The largest absolute Gasteiger partial charge is 0.478 e. The van der Waals surface area contributed by atoms with Crippen LogP contribution in [0.15, 0.2) is 34.8 Å². The van der Waals surface area contributed by atoms with Crippen molar-refractivity contribution in [2.45, 2.75) is 13.0 Å². The summed E-state index contributed by atoms with van der Waals surface area (Å²) in [4.78, 5) is 10.7. The van der Waals surface area contributed by atoms with Crippen molar-refractivity contribution in [3.8, 4) is 0 Å². The molecule has 0 atom stereocenters. The molecule has 17 heavy (non-hydrogen) atoms. The summed E-state index contributed by atoms with van der Waals surface area (Å²) in [5.41, 5.74) is 3.10. The van der Waals surface area contributed by atoms with Gasteiger partial charge in [0.2, 0.25) is 0 Å². The highest BCUT2D eigenvalue weighted by atomic mass is 79.9. The van der Waals surface area contributed by atoms with Gasteiger partial charge in [-0.05, 0) is 36.3 Å². The molecule has 0 radical (unpaired) electrons. The fourth-order valence-corrected chi connectivity index (χ4v) is 2.78. The molecule has 0 amide bonds. The average Bonchev–Trinajstić information content (AvgIpc) is 2.77. The number of hydrogen-bond acceptors (Lipinski definition) is 1. The number of carboxylic acid groups (broad SMARTS) is 1. The van der Waals surface area contributed by atoms with Crippen molar-refractivity contribution in [2.75, 3.05) is 0 Å². The molecule has 1 aromatic heterocycles. The third-order valence-electron chi connectivity index (χ3n) is 3.09. The maximum absolute atomic E-state index is 10.7. The molecule has 1 aromatic carbocycles. The second-order valence-corrected chi connectivity index (χ2v) is 5.06. The van der Waals surface area contributed by atoms with E-state index in [1.165, 1.54) is 6.08 Å². The molecule has 3 rings (SSSR count). The normalized spacial score (nSPS) is 16.6. The second-order valence-electron chi connectivity index (χ2n) is 4.14. The highest BCUT2D eigenvalue weighted by Crippen LogP contribution is 2.34. The molecular formula is C13H10BrNO2. The summed E-state index contributed by atoms with van der Waals surface area (Å²) in [6.07, 6.45) is 2.11. The Labute approximate surface area is 106 Å². The van der Waals surface area contributed by atoms with E-state index in [1.807, 2.05) is 6.07 Å². The minimum atomic E-state index is -0.875. The lowest BCUT2D eigenvalue weighted by atomic mass is 10.1. The molecule has 2 heterocycles. The number of benzene rings is 1. The van der Waals surface area contributed by atoms with E-state index in [1.54, 1.807) is 0 Å². The van der Waals surface area contributed by atoms with Crippen LogP contribution in [0.1, 0.15) is 12.1 Å². The van der Waals surface area contributed by atoms with Gasteiger partial charge < -0.3 is 9.67 Å². The summed E-state index contributed by atoms with van der Waals surface area (Å²) in [6.45, 7) is 0.861. The Hall–Kier alpha value is -1.55. The van der Waals surface area contributed by atoms with Crippen LogP contribution in [-0.2, 0) is 11.3 Å². The lowest BCUT2D eigenvalue weighted by Crippen LogP contribution is -1.91. The van der Waals surface area contributed by atoms with Crippen LogP contribution in [0.3, 0.4) is 0 Å². The van der Waals surface area contributed by atoms with Crippen molar-refractivity contribution in [1.29, 1.82) is 0 Å². The van der Waals surface area contributed by atoms with Crippen molar-refractivity contribution in [3.63, 3.8) is 0 Å². The summed E-state index contributed by atoms with van der Waals surface area (Å²) >= 11 is 3.44. The molecule has 4 heteroatoms. The molecular weight excluding hydrogens is 282 g/mol. The van der Waals surface area contributed by atoms with Gasteiger partial charge >= 0.3 is 5.97 Å². The number of hydrogen-bond donors (Lipinski definition) is 1. The van der Waals surface area contributed by atoms with Crippen LogP contribution < -0.4 is 0 Å². The first-order valence-electron chi connectivity index (χ1n) is 5.38. The monoisotopic (exact) mass is 291 g/mol. The topological polar surface area (TPSA) is 42.2 Å². The van der Waals surface area contributed by atoms with Gasteiger partial charge in [0.05, 0.1) is 0 Å². The van der Waals surface area contributed by atoms with Crippen LogP contribution in [0.25, 0.3) is 16.5 Å². The fourth-order valence-electron chi connectivity index (χ4n) is 2.40. The minimum absolute atomic E-state index is 0.799. The van der Waals surface area contributed by atoms with E-state index in [9.17, 15) is 4.79 Å². The summed E-state index contributed by atoms with van der Waals surface area (Å²) in [6, 6.07) is 8.18. The number of aryl methyl sites for hydroxylation is 1. The summed E-state index contributed by atoms with van der Waals surface area (Å²) in [5.74, 6) is -0.875. The Morgan fingerprint density at radius 2 is 2.24 bits per heavy atom. The second kappa shape index (κ2) is 3.74. The van der Waals surface area contributed by atoms with Crippen molar-refractivity contribution in [1.82, 2.24) is 4.57 Å². The van der Waals surface area contributed by atoms with E-state index >= 15 is 0 Å². The first kappa shape index (κ1) is 10.6. The summed E-state index contributed by atoms with van der Waals surface area (Å²) in [5, 5.41) is 9.97. The van der Waals surface area contributed by atoms with Crippen molar-refractivity contribution < 1.29 is 9.90 Å². The standard InChI is InChI=1S/C13H10BrNO2/c14-10-1-2-11-9(5-10)6-12-8(7-13(16)17)3-4-15(11)12/h1-2,5-7H,3-4H2,(H,16,17). The lowest BCUT2D eigenvalue weighted by Gasteiger charge is -1.99. The Kier molecular flexibility index (Phi) is 2.33. The minimum Gasteiger partial charge on any atom is -0.478 e. The SMILES string of the molecule is O=C(O)C=C1CCn2c1cc1cc(Br)ccc12. The van der Waals surface area contributed by atoms with Gasteiger partial charge in [-0.15, -0.1) is 0 Å². The lowest BCUT2D eigenvalue weighted by molar-refractivity contribution is -0.131. The van der Waals surface area contributed by atoms with E-state index < -0.39 is 5.97 Å². The van der Waals surface area contributed by atoms with Gasteiger partial charge in [0.25, 0.3) is 0 Å². The molecule has 86 valence electrons. The average molecular weight is 292 g/mol. The summed E-state index contributed by atoms with van der Waals surface area (Å²) < 4.78 is 3.22.